The average molecular weight is 262 g/mol. The monoisotopic (exact) mass is 262 g/mol. The van der Waals surface area contributed by atoms with Crippen LogP contribution in [-0.4, -0.2) is 37.4 Å². The maximum Gasteiger partial charge on any atom is 0.224 e. The number of aromatic nitrogens is 5. The van der Waals surface area contributed by atoms with E-state index in [0.29, 0.717) is 19.4 Å². The van der Waals surface area contributed by atoms with E-state index < -0.39 is 0 Å². The van der Waals surface area contributed by atoms with Crippen LogP contribution in [0.2, 0.25) is 0 Å². The first-order valence-corrected chi connectivity index (χ1v) is 6.18. The molecule has 0 bridgehead atoms. The average Bonchev–Trinajstić information content (AvgIpc) is 2.94. The van der Waals surface area contributed by atoms with Gasteiger partial charge in [-0.05, 0) is 13.8 Å². The predicted octanol–water partition coefficient (Wildman–Crippen LogP) is 0.0564. The number of amides is 1. The molecule has 0 fully saturated rings. The van der Waals surface area contributed by atoms with E-state index in [2.05, 4.69) is 25.6 Å². The molecule has 7 heteroatoms. The van der Waals surface area contributed by atoms with Gasteiger partial charge in [-0.15, -0.1) is 0 Å². The summed E-state index contributed by atoms with van der Waals surface area (Å²) >= 11 is 0. The third kappa shape index (κ3) is 3.18. The summed E-state index contributed by atoms with van der Waals surface area (Å²) in [6, 6.07) is 0. The molecule has 0 aliphatic rings. The molecule has 0 aliphatic heterocycles. The number of H-pyrrole nitrogens is 1. The summed E-state index contributed by atoms with van der Waals surface area (Å²) in [6.07, 6.45) is 2.47. The molecule has 2 heterocycles. The first-order valence-electron chi connectivity index (χ1n) is 6.18. The summed E-state index contributed by atoms with van der Waals surface area (Å²) in [5.41, 5.74) is 2.94. The highest BCUT2D eigenvalue weighted by molar-refractivity contribution is 5.79. The highest BCUT2D eigenvalue weighted by Gasteiger charge is 2.13. The Hall–Kier alpha value is -2.18. The van der Waals surface area contributed by atoms with E-state index in [1.54, 1.807) is 4.68 Å². The van der Waals surface area contributed by atoms with Crippen LogP contribution in [0.3, 0.4) is 0 Å². The van der Waals surface area contributed by atoms with Crippen molar-refractivity contribution in [2.24, 2.45) is 7.05 Å². The fourth-order valence-corrected chi connectivity index (χ4v) is 1.97. The van der Waals surface area contributed by atoms with Gasteiger partial charge in [-0.1, -0.05) is 0 Å². The van der Waals surface area contributed by atoms with Gasteiger partial charge in [0.2, 0.25) is 5.91 Å². The Morgan fingerprint density at radius 3 is 2.84 bits per heavy atom. The minimum atomic E-state index is -0.00119. The highest BCUT2D eigenvalue weighted by Crippen LogP contribution is 2.12. The molecule has 7 nitrogen and oxygen atoms in total. The van der Waals surface area contributed by atoms with E-state index in [1.165, 1.54) is 6.33 Å². The van der Waals surface area contributed by atoms with E-state index in [-0.39, 0.29) is 5.91 Å². The Morgan fingerprint density at radius 1 is 1.47 bits per heavy atom. The number of rotatable bonds is 5. The summed E-state index contributed by atoms with van der Waals surface area (Å²) in [5.74, 6) is 0.771. The number of aromatic amines is 1. The number of nitrogens with one attached hydrogen (secondary N) is 2. The third-order valence-corrected chi connectivity index (χ3v) is 3.15. The van der Waals surface area contributed by atoms with Crippen molar-refractivity contribution in [3.63, 3.8) is 0 Å². The van der Waals surface area contributed by atoms with E-state index in [1.807, 2.05) is 20.9 Å². The molecule has 0 saturated carbocycles. The zero-order valence-electron chi connectivity index (χ0n) is 11.4. The number of carbonyl (C=O) groups excluding carboxylic acids is 1. The van der Waals surface area contributed by atoms with Crippen LogP contribution in [0.15, 0.2) is 6.33 Å². The van der Waals surface area contributed by atoms with Gasteiger partial charge in [-0.25, -0.2) is 4.98 Å². The first-order chi connectivity index (χ1) is 9.08. The van der Waals surface area contributed by atoms with Crippen LogP contribution in [0.4, 0.5) is 0 Å². The molecule has 2 rings (SSSR count). The van der Waals surface area contributed by atoms with E-state index in [9.17, 15) is 4.79 Å². The van der Waals surface area contributed by atoms with Gasteiger partial charge in [0.15, 0.2) is 0 Å². The van der Waals surface area contributed by atoms with Crippen LogP contribution in [0, 0.1) is 13.8 Å². The quantitative estimate of drug-likeness (QED) is 0.797. The zero-order chi connectivity index (χ0) is 13.8. The number of aryl methyl sites for hydroxylation is 2. The van der Waals surface area contributed by atoms with Gasteiger partial charge in [-0.3, -0.25) is 14.6 Å². The van der Waals surface area contributed by atoms with Crippen LogP contribution in [0.25, 0.3) is 0 Å². The molecule has 2 aromatic heterocycles. The lowest BCUT2D eigenvalue weighted by Gasteiger charge is -2.04. The van der Waals surface area contributed by atoms with Gasteiger partial charge in [0.1, 0.15) is 12.2 Å². The summed E-state index contributed by atoms with van der Waals surface area (Å²) < 4.78 is 1.80. The van der Waals surface area contributed by atoms with Crippen molar-refractivity contribution < 1.29 is 4.79 Å². The summed E-state index contributed by atoms with van der Waals surface area (Å²) in [6.45, 7) is 4.44. The standard InChI is InChI=1S/C12H18N6O/c1-8-10(9(2)18(3)17-8)6-12(19)13-5-4-11-14-7-15-16-11/h7H,4-6H2,1-3H3,(H,13,19)(H,14,15,16). The van der Waals surface area contributed by atoms with Crippen molar-refractivity contribution in [3.8, 4) is 0 Å². The predicted molar refractivity (Wildman–Crippen MR) is 69.5 cm³/mol. The van der Waals surface area contributed by atoms with Gasteiger partial charge in [-0.2, -0.15) is 10.2 Å². The van der Waals surface area contributed by atoms with Crippen molar-refractivity contribution >= 4 is 5.91 Å². The minimum Gasteiger partial charge on any atom is -0.355 e. The molecule has 0 saturated heterocycles. The van der Waals surface area contributed by atoms with Crippen molar-refractivity contribution in [3.05, 3.63) is 29.1 Å². The SMILES string of the molecule is Cc1nn(C)c(C)c1CC(=O)NCCc1ncn[nH]1. The van der Waals surface area contributed by atoms with Gasteiger partial charge in [0.25, 0.3) is 0 Å². The van der Waals surface area contributed by atoms with Gasteiger partial charge < -0.3 is 5.32 Å². The molecule has 1 amide bonds. The second-order valence-corrected chi connectivity index (χ2v) is 4.48. The van der Waals surface area contributed by atoms with Gasteiger partial charge in [0.05, 0.1) is 12.1 Å². The van der Waals surface area contributed by atoms with Crippen LogP contribution < -0.4 is 5.32 Å². The summed E-state index contributed by atoms with van der Waals surface area (Å²) in [4.78, 5) is 15.9. The van der Waals surface area contributed by atoms with Crippen LogP contribution in [-0.2, 0) is 24.7 Å². The maximum absolute atomic E-state index is 11.9. The lowest BCUT2D eigenvalue weighted by atomic mass is 10.1. The fourth-order valence-electron chi connectivity index (χ4n) is 1.97. The van der Waals surface area contributed by atoms with Crippen molar-refractivity contribution in [2.75, 3.05) is 6.54 Å². The second-order valence-electron chi connectivity index (χ2n) is 4.48. The normalized spacial score (nSPS) is 10.7. The van der Waals surface area contributed by atoms with Gasteiger partial charge >= 0.3 is 0 Å². The lowest BCUT2D eigenvalue weighted by molar-refractivity contribution is -0.120. The van der Waals surface area contributed by atoms with E-state index >= 15 is 0 Å². The second kappa shape index (κ2) is 5.64. The lowest BCUT2D eigenvalue weighted by Crippen LogP contribution is -2.27. The topological polar surface area (TPSA) is 88.5 Å². The van der Waals surface area contributed by atoms with Crippen molar-refractivity contribution in [1.29, 1.82) is 0 Å². The molecule has 0 aliphatic carbocycles. The Balaban J connectivity index is 1.84. The highest BCUT2D eigenvalue weighted by atomic mass is 16.1. The number of hydrogen-bond donors (Lipinski definition) is 2. The Morgan fingerprint density at radius 2 is 2.26 bits per heavy atom. The molecule has 0 aromatic carbocycles. The van der Waals surface area contributed by atoms with E-state index in [0.717, 1.165) is 22.8 Å². The Kier molecular flexibility index (Phi) is 3.94. The molecule has 0 radical (unpaired) electrons. The largest absolute Gasteiger partial charge is 0.355 e. The zero-order valence-corrected chi connectivity index (χ0v) is 11.4. The molecule has 0 spiro atoms. The molecule has 0 atom stereocenters. The smallest absolute Gasteiger partial charge is 0.224 e. The molecular formula is C12H18N6O. The molecule has 19 heavy (non-hydrogen) atoms. The van der Waals surface area contributed by atoms with Crippen molar-refractivity contribution in [2.45, 2.75) is 26.7 Å². The minimum absolute atomic E-state index is 0.00119. The number of nitrogens with zero attached hydrogens (tertiary/aromatic N) is 4. The van der Waals surface area contributed by atoms with Crippen molar-refractivity contribution in [1.82, 2.24) is 30.3 Å². The third-order valence-electron chi connectivity index (χ3n) is 3.15. The Bertz CT molecular complexity index is 557. The molecule has 2 N–H and O–H groups in total. The van der Waals surface area contributed by atoms with Gasteiger partial charge in [0, 0.05) is 31.3 Å². The Labute approximate surface area is 111 Å². The summed E-state index contributed by atoms with van der Waals surface area (Å²) in [5, 5.41) is 13.7. The molecule has 102 valence electrons. The van der Waals surface area contributed by atoms with Crippen LogP contribution in [0.1, 0.15) is 22.8 Å². The molecule has 0 unspecified atom stereocenters. The number of hydrogen-bond acceptors (Lipinski definition) is 4. The fraction of sp³-hybridized carbons (Fsp3) is 0.500. The summed E-state index contributed by atoms with van der Waals surface area (Å²) in [7, 11) is 1.88. The maximum atomic E-state index is 11.9. The molecular weight excluding hydrogens is 244 g/mol. The van der Waals surface area contributed by atoms with E-state index in [4.69, 9.17) is 0 Å². The van der Waals surface area contributed by atoms with Crippen LogP contribution in [0.5, 0.6) is 0 Å². The number of carbonyl (C=O) groups is 1. The first kappa shape index (κ1) is 13.3. The van der Waals surface area contributed by atoms with Crippen LogP contribution >= 0.6 is 0 Å². The molecule has 2 aromatic rings.